The lowest BCUT2D eigenvalue weighted by molar-refractivity contribution is -0.121. The van der Waals surface area contributed by atoms with Crippen molar-refractivity contribution in [3.05, 3.63) is 69.7 Å². The van der Waals surface area contributed by atoms with Crippen LogP contribution in [0.4, 0.5) is 0 Å². The fraction of sp³-hybridized carbons (Fsp3) is 0.222. The molecular weight excluding hydrogens is 328 g/mol. The molecule has 0 fully saturated rings. The maximum absolute atomic E-state index is 12.1. The molecule has 6 heteroatoms. The van der Waals surface area contributed by atoms with E-state index in [0.717, 1.165) is 5.56 Å². The lowest BCUT2D eigenvalue weighted by Gasteiger charge is -2.14. The molecular formula is C18H17ClN2O3. The van der Waals surface area contributed by atoms with Crippen molar-refractivity contribution in [2.24, 2.45) is 0 Å². The first kappa shape index (κ1) is 16.3. The third-order valence-electron chi connectivity index (χ3n) is 3.87. The lowest BCUT2D eigenvalue weighted by atomic mass is 10.1. The quantitative estimate of drug-likeness (QED) is 0.770. The van der Waals surface area contributed by atoms with Gasteiger partial charge in [0, 0.05) is 24.1 Å². The number of fused-ring (bicyclic) bond motifs is 1. The molecule has 24 heavy (non-hydrogen) atoms. The summed E-state index contributed by atoms with van der Waals surface area (Å²) in [5.74, 6) is -0.613. The molecule has 1 aromatic heterocycles. The average Bonchev–Trinajstić information content (AvgIpc) is 2.88. The number of halogens is 1. The van der Waals surface area contributed by atoms with E-state index >= 15 is 0 Å². The first-order valence-electron chi connectivity index (χ1n) is 7.68. The number of nitrogens with one attached hydrogen (secondary N) is 1. The Morgan fingerprint density at radius 3 is 2.75 bits per heavy atom. The molecule has 3 rings (SSSR count). The van der Waals surface area contributed by atoms with Crippen molar-refractivity contribution in [2.45, 2.75) is 25.9 Å². The SMILES string of the molecule is C[C@@H](NC(=O)CCn1c(=O)oc2cc(Cl)ccc21)c1ccccc1. The molecule has 1 heterocycles. The minimum absolute atomic E-state index is 0.0877. The molecule has 5 nitrogen and oxygen atoms in total. The van der Waals surface area contributed by atoms with Crippen LogP contribution in [0.2, 0.25) is 5.02 Å². The van der Waals surface area contributed by atoms with Gasteiger partial charge in [-0.3, -0.25) is 9.36 Å². The molecule has 1 N–H and O–H groups in total. The van der Waals surface area contributed by atoms with Crippen molar-refractivity contribution < 1.29 is 9.21 Å². The molecule has 2 aromatic carbocycles. The second kappa shape index (κ2) is 6.93. The van der Waals surface area contributed by atoms with Crippen LogP contribution in [0.3, 0.4) is 0 Å². The number of oxazole rings is 1. The largest absolute Gasteiger partial charge is 0.419 e. The van der Waals surface area contributed by atoms with Crippen LogP contribution in [0.1, 0.15) is 24.9 Å². The van der Waals surface area contributed by atoms with Crippen LogP contribution in [-0.2, 0) is 11.3 Å². The van der Waals surface area contributed by atoms with Crippen LogP contribution in [0.25, 0.3) is 11.1 Å². The molecule has 0 aliphatic heterocycles. The number of hydrogen-bond donors (Lipinski definition) is 1. The van der Waals surface area contributed by atoms with E-state index in [4.69, 9.17) is 16.0 Å². The van der Waals surface area contributed by atoms with Crippen molar-refractivity contribution in [3.63, 3.8) is 0 Å². The number of hydrogen-bond acceptors (Lipinski definition) is 3. The summed E-state index contributed by atoms with van der Waals surface area (Å²) in [6.45, 7) is 2.18. The van der Waals surface area contributed by atoms with E-state index < -0.39 is 5.76 Å². The van der Waals surface area contributed by atoms with E-state index in [1.54, 1.807) is 18.2 Å². The highest BCUT2D eigenvalue weighted by atomic mass is 35.5. The van der Waals surface area contributed by atoms with E-state index in [2.05, 4.69) is 5.32 Å². The van der Waals surface area contributed by atoms with Crippen molar-refractivity contribution in [1.29, 1.82) is 0 Å². The number of amides is 1. The predicted octanol–water partition coefficient (Wildman–Crippen LogP) is 3.52. The van der Waals surface area contributed by atoms with E-state index in [1.165, 1.54) is 4.57 Å². The Hall–Kier alpha value is -2.53. The maximum Gasteiger partial charge on any atom is 0.419 e. The summed E-state index contributed by atoms with van der Waals surface area (Å²) >= 11 is 5.89. The molecule has 0 bridgehead atoms. The van der Waals surface area contributed by atoms with E-state index in [9.17, 15) is 9.59 Å². The summed E-state index contributed by atoms with van der Waals surface area (Å²) in [4.78, 5) is 24.1. The first-order valence-corrected chi connectivity index (χ1v) is 8.05. The van der Waals surface area contributed by atoms with Crippen molar-refractivity contribution in [1.82, 2.24) is 9.88 Å². The second-order valence-electron chi connectivity index (χ2n) is 5.58. The smallest absolute Gasteiger partial charge is 0.408 e. The molecule has 1 atom stereocenters. The Bertz CT molecular complexity index is 915. The lowest BCUT2D eigenvalue weighted by Crippen LogP contribution is -2.28. The van der Waals surface area contributed by atoms with Crippen molar-refractivity contribution >= 4 is 28.6 Å². The monoisotopic (exact) mass is 344 g/mol. The van der Waals surface area contributed by atoms with Crippen LogP contribution in [0, 0.1) is 0 Å². The predicted molar refractivity (Wildman–Crippen MR) is 93.1 cm³/mol. The third kappa shape index (κ3) is 3.51. The van der Waals surface area contributed by atoms with Gasteiger partial charge in [-0.25, -0.2) is 4.79 Å². The number of aryl methyl sites for hydroxylation is 1. The minimum Gasteiger partial charge on any atom is -0.408 e. The number of carbonyl (C=O) groups excluding carboxylic acids is 1. The second-order valence-corrected chi connectivity index (χ2v) is 6.02. The number of carbonyl (C=O) groups is 1. The van der Waals surface area contributed by atoms with Gasteiger partial charge in [-0.1, -0.05) is 41.9 Å². The zero-order valence-corrected chi connectivity index (χ0v) is 13.9. The highest BCUT2D eigenvalue weighted by Gasteiger charge is 2.13. The van der Waals surface area contributed by atoms with Gasteiger partial charge in [-0.15, -0.1) is 0 Å². The van der Waals surface area contributed by atoms with Gasteiger partial charge in [0.15, 0.2) is 5.58 Å². The topological polar surface area (TPSA) is 64.2 Å². The Morgan fingerprint density at radius 2 is 2.00 bits per heavy atom. The zero-order valence-electron chi connectivity index (χ0n) is 13.2. The van der Waals surface area contributed by atoms with Crippen LogP contribution in [0.15, 0.2) is 57.7 Å². The van der Waals surface area contributed by atoms with Gasteiger partial charge in [0.05, 0.1) is 11.6 Å². The summed E-state index contributed by atoms with van der Waals surface area (Å²) in [5.41, 5.74) is 2.09. The van der Waals surface area contributed by atoms with Gasteiger partial charge < -0.3 is 9.73 Å². The number of rotatable bonds is 5. The zero-order chi connectivity index (χ0) is 17.1. The number of nitrogens with zero attached hydrogens (tertiary/aromatic N) is 1. The normalized spacial score (nSPS) is 12.2. The summed E-state index contributed by atoms with van der Waals surface area (Å²) < 4.78 is 6.60. The van der Waals surface area contributed by atoms with Gasteiger partial charge in [0.2, 0.25) is 5.91 Å². The van der Waals surface area contributed by atoms with Gasteiger partial charge in [0.1, 0.15) is 0 Å². The molecule has 0 saturated carbocycles. The summed E-state index contributed by atoms with van der Waals surface area (Å²) in [6.07, 6.45) is 0.189. The Balaban J connectivity index is 1.67. The highest BCUT2D eigenvalue weighted by Crippen LogP contribution is 2.18. The van der Waals surface area contributed by atoms with Crippen LogP contribution in [-0.4, -0.2) is 10.5 Å². The summed E-state index contributed by atoms with van der Waals surface area (Å²) in [6, 6.07) is 14.6. The molecule has 0 spiro atoms. The molecule has 3 aromatic rings. The van der Waals surface area contributed by atoms with Crippen molar-refractivity contribution in [2.75, 3.05) is 0 Å². The van der Waals surface area contributed by atoms with E-state index in [-0.39, 0.29) is 24.9 Å². The van der Waals surface area contributed by atoms with Crippen LogP contribution >= 0.6 is 11.6 Å². The standard InChI is InChI=1S/C18H17ClN2O3/c1-12(13-5-3-2-4-6-13)20-17(22)9-10-21-15-8-7-14(19)11-16(15)24-18(21)23/h2-8,11-12H,9-10H2,1H3,(H,20,22)/t12-/m1/s1. The summed E-state index contributed by atoms with van der Waals surface area (Å²) in [5, 5.41) is 3.43. The number of aromatic nitrogens is 1. The Labute approximate surface area is 143 Å². The fourth-order valence-electron chi connectivity index (χ4n) is 2.60. The van der Waals surface area contributed by atoms with Gasteiger partial charge >= 0.3 is 5.76 Å². The molecule has 124 valence electrons. The van der Waals surface area contributed by atoms with E-state index in [0.29, 0.717) is 16.1 Å². The van der Waals surface area contributed by atoms with Gasteiger partial charge in [0.25, 0.3) is 0 Å². The first-order chi connectivity index (χ1) is 11.5. The Kier molecular flexibility index (Phi) is 4.71. The molecule has 0 radical (unpaired) electrons. The minimum atomic E-state index is -0.490. The molecule has 0 aliphatic carbocycles. The molecule has 0 unspecified atom stereocenters. The third-order valence-corrected chi connectivity index (χ3v) is 4.10. The molecule has 0 aliphatic rings. The number of benzene rings is 2. The van der Waals surface area contributed by atoms with E-state index in [1.807, 2.05) is 37.3 Å². The van der Waals surface area contributed by atoms with Crippen LogP contribution < -0.4 is 11.1 Å². The maximum atomic E-state index is 12.1. The summed E-state index contributed by atoms with van der Waals surface area (Å²) in [7, 11) is 0. The average molecular weight is 345 g/mol. The molecule has 0 saturated heterocycles. The Morgan fingerprint density at radius 1 is 1.25 bits per heavy atom. The highest BCUT2D eigenvalue weighted by molar-refractivity contribution is 6.31. The van der Waals surface area contributed by atoms with Crippen molar-refractivity contribution in [3.8, 4) is 0 Å². The molecule has 1 amide bonds. The van der Waals surface area contributed by atoms with Gasteiger partial charge in [-0.2, -0.15) is 0 Å². The van der Waals surface area contributed by atoms with Gasteiger partial charge in [-0.05, 0) is 24.6 Å². The van der Waals surface area contributed by atoms with Crippen LogP contribution in [0.5, 0.6) is 0 Å². The fourth-order valence-corrected chi connectivity index (χ4v) is 2.77.